The Morgan fingerprint density at radius 2 is 2.10 bits per heavy atom. The lowest BCUT2D eigenvalue weighted by atomic mass is 9.85. The summed E-state index contributed by atoms with van der Waals surface area (Å²) >= 11 is 0. The van der Waals surface area contributed by atoms with E-state index in [0.717, 1.165) is 25.2 Å². The molecule has 2 N–H and O–H groups in total. The van der Waals surface area contributed by atoms with Gasteiger partial charge >= 0.3 is 0 Å². The van der Waals surface area contributed by atoms with Gasteiger partial charge in [0.15, 0.2) is 0 Å². The number of nitrogens with one attached hydrogen (secondary N) is 2. The van der Waals surface area contributed by atoms with E-state index in [2.05, 4.69) is 37.5 Å². The molecule has 1 aromatic rings. The lowest BCUT2D eigenvalue weighted by Crippen LogP contribution is -2.32. The normalized spacial score (nSPS) is 19.6. The Bertz CT molecular complexity index is 456. The molecule has 1 fully saturated rings. The SMILES string of the molecule is CC(C)(C)c1ccccc1NC(=O)CC1CCCNC1. The first-order valence-corrected chi connectivity index (χ1v) is 7.57. The molecule has 1 unspecified atom stereocenters. The van der Waals surface area contributed by atoms with Crippen LogP contribution in [-0.4, -0.2) is 19.0 Å². The minimum absolute atomic E-state index is 0.0380. The van der Waals surface area contributed by atoms with Crippen LogP contribution in [0.2, 0.25) is 0 Å². The van der Waals surface area contributed by atoms with Gasteiger partial charge in [0.25, 0.3) is 0 Å². The first kappa shape index (κ1) is 15.0. The number of carbonyl (C=O) groups is 1. The van der Waals surface area contributed by atoms with E-state index in [0.29, 0.717) is 12.3 Å². The van der Waals surface area contributed by atoms with Crippen LogP contribution in [0.25, 0.3) is 0 Å². The summed E-state index contributed by atoms with van der Waals surface area (Å²) < 4.78 is 0. The average Bonchev–Trinajstić information content (AvgIpc) is 2.39. The van der Waals surface area contributed by atoms with Crippen LogP contribution in [0.15, 0.2) is 24.3 Å². The van der Waals surface area contributed by atoms with Crippen molar-refractivity contribution in [3.05, 3.63) is 29.8 Å². The van der Waals surface area contributed by atoms with E-state index < -0.39 is 0 Å². The summed E-state index contributed by atoms with van der Waals surface area (Å²) in [6.45, 7) is 8.56. The number of anilines is 1. The number of amides is 1. The van der Waals surface area contributed by atoms with Crippen LogP contribution in [0.5, 0.6) is 0 Å². The van der Waals surface area contributed by atoms with Crippen LogP contribution in [0.3, 0.4) is 0 Å². The lowest BCUT2D eigenvalue weighted by molar-refractivity contribution is -0.117. The van der Waals surface area contributed by atoms with Crippen molar-refractivity contribution in [3.63, 3.8) is 0 Å². The van der Waals surface area contributed by atoms with Crippen molar-refractivity contribution in [2.45, 2.75) is 45.4 Å². The maximum absolute atomic E-state index is 12.2. The molecule has 0 bridgehead atoms. The van der Waals surface area contributed by atoms with Gasteiger partial charge in [-0.1, -0.05) is 39.0 Å². The summed E-state index contributed by atoms with van der Waals surface area (Å²) in [7, 11) is 0. The van der Waals surface area contributed by atoms with Gasteiger partial charge < -0.3 is 10.6 Å². The molecule has 1 aliphatic heterocycles. The third kappa shape index (κ3) is 4.07. The fraction of sp³-hybridized carbons (Fsp3) is 0.588. The van der Waals surface area contributed by atoms with Gasteiger partial charge in [-0.3, -0.25) is 4.79 Å². The summed E-state index contributed by atoms with van der Waals surface area (Å²) in [6.07, 6.45) is 2.95. The summed E-state index contributed by atoms with van der Waals surface area (Å²) in [5, 5.41) is 6.46. The first-order chi connectivity index (χ1) is 9.47. The van der Waals surface area contributed by atoms with Crippen LogP contribution in [0.4, 0.5) is 5.69 Å². The van der Waals surface area contributed by atoms with Gasteiger partial charge in [-0.05, 0) is 48.9 Å². The molecule has 1 aromatic carbocycles. The monoisotopic (exact) mass is 274 g/mol. The third-order valence-electron chi connectivity index (χ3n) is 3.88. The number of hydrogen-bond acceptors (Lipinski definition) is 2. The Morgan fingerprint density at radius 3 is 2.75 bits per heavy atom. The number of rotatable bonds is 3. The molecule has 1 amide bonds. The predicted octanol–water partition coefficient (Wildman–Crippen LogP) is 3.31. The second-order valence-electron chi connectivity index (χ2n) is 6.76. The first-order valence-electron chi connectivity index (χ1n) is 7.57. The molecule has 0 saturated carbocycles. The zero-order valence-electron chi connectivity index (χ0n) is 12.8. The third-order valence-corrected chi connectivity index (χ3v) is 3.88. The van der Waals surface area contributed by atoms with E-state index in [1.54, 1.807) is 0 Å². The second-order valence-corrected chi connectivity index (χ2v) is 6.76. The van der Waals surface area contributed by atoms with Crippen LogP contribution in [0, 0.1) is 5.92 Å². The number of hydrogen-bond donors (Lipinski definition) is 2. The van der Waals surface area contributed by atoms with Crippen molar-refractivity contribution >= 4 is 11.6 Å². The van der Waals surface area contributed by atoms with Crippen LogP contribution < -0.4 is 10.6 Å². The van der Waals surface area contributed by atoms with E-state index >= 15 is 0 Å². The van der Waals surface area contributed by atoms with Gasteiger partial charge in [-0.25, -0.2) is 0 Å². The van der Waals surface area contributed by atoms with Gasteiger partial charge in [0, 0.05) is 12.1 Å². The summed E-state index contributed by atoms with van der Waals surface area (Å²) in [5.41, 5.74) is 2.18. The fourth-order valence-electron chi connectivity index (χ4n) is 2.81. The predicted molar refractivity (Wildman–Crippen MR) is 84.0 cm³/mol. The molecule has 0 spiro atoms. The van der Waals surface area contributed by atoms with Gasteiger partial charge in [0.1, 0.15) is 0 Å². The molecular formula is C17H26N2O. The fourth-order valence-corrected chi connectivity index (χ4v) is 2.81. The maximum atomic E-state index is 12.2. The Hall–Kier alpha value is -1.35. The van der Waals surface area contributed by atoms with Crippen molar-refractivity contribution < 1.29 is 4.79 Å². The molecule has 3 nitrogen and oxygen atoms in total. The largest absolute Gasteiger partial charge is 0.326 e. The lowest BCUT2D eigenvalue weighted by Gasteiger charge is -2.25. The summed E-state index contributed by atoms with van der Waals surface area (Å²) in [4.78, 5) is 12.2. The van der Waals surface area contributed by atoms with Crippen LogP contribution >= 0.6 is 0 Å². The molecule has 20 heavy (non-hydrogen) atoms. The highest BCUT2D eigenvalue weighted by atomic mass is 16.1. The Kier molecular flexibility index (Phi) is 4.81. The molecule has 1 atom stereocenters. The Morgan fingerprint density at radius 1 is 1.35 bits per heavy atom. The van der Waals surface area contributed by atoms with Crippen molar-refractivity contribution in [2.75, 3.05) is 18.4 Å². The van der Waals surface area contributed by atoms with E-state index in [9.17, 15) is 4.79 Å². The molecular weight excluding hydrogens is 248 g/mol. The van der Waals surface area contributed by atoms with Crippen molar-refractivity contribution in [1.82, 2.24) is 5.32 Å². The number of carbonyl (C=O) groups excluding carboxylic acids is 1. The number of benzene rings is 1. The van der Waals surface area contributed by atoms with Crippen LogP contribution in [0.1, 0.15) is 45.6 Å². The number of para-hydroxylation sites is 1. The second kappa shape index (κ2) is 6.40. The van der Waals surface area contributed by atoms with Gasteiger partial charge in [-0.15, -0.1) is 0 Å². The van der Waals surface area contributed by atoms with Gasteiger partial charge in [0.05, 0.1) is 0 Å². The summed E-state index contributed by atoms with van der Waals surface area (Å²) in [6, 6.07) is 8.10. The minimum atomic E-state index is 0.0380. The zero-order valence-corrected chi connectivity index (χ0v) is 12.8. The maximum Gasteiger partial charge on any atom is 0.224 e. The van der Waals surface area contributed by atoms with Crippen LogP contribution in [-0.2, 0) is 10.2 Å². The minimum Gasteiger partial charge on any atom is -0.326 e. The van der Waals surface area contributed by atoms with Gasteiger partial charge in [-0.2, -0.15) is 0 Å². The smallest absolute Gasteiger partial charge is 0.224 e. The standard InChI is InChI=1S/C17H26N2O/c1-17(2,3)14-8-4-5-9-15(14)19-16(20)11-13-7-6-10-18-12-13/h4-5,8-9,13,18H,6-7,10-12H2,1-3H3,(H,19,20). The van der Waals surface area contributed by atoms with E-state index in [4.69, 9.17) is 0 Å². The van der Waals surface area contributed by atoms with E-state index in [-0.39, 0.29) is 11.3 Å². The molecule has 110 valence electrons. The zero-order chi connectivity index (χ0) is 14.6. The van der Waals surface area contributed by atoms with Crippen molar-refractivity contribution in [3.8, 4) is 0 Å². The Balaban J connectivity index is 2.00. The molecule has 1 aliphatic rings. The summed E-state index contributed by atoms with van der Waals surface area (Å²) in [5.74, 6) is 0.612. The molecule has 2 rings (SSSR count). The molecule has 0 aromatic heterocycles. The number of piperidine rings is 1. The van der Waals surface area contributed by atoms with Crippen molar-refractivity contribution in [2.24, 2.45) is 5.92 Å². The van der Waals surface area contributed by atoms with E-state index in [1.165, 1.54) is 12.0 Å². The van der Waals surface area contributed by atoms with E-state index in [1.807, 2.05) is 18.2 Å². The molecule has 1 saturated heterocycles. The highest BCUT2D eigenvalue weighted by molar-refractivity contribution is 5.91. The molecule has 0 aliphatic carbocycles. The topological polar surface area (TPSA) is 41.1 Å². The average molecular weight is 274 g/mol. The van der Waals surface area contributed by atoms with Crippen molar-refractivity contribution in [1.29, 1.82) is 0 Å². The molecule has 3 heteroatoms. The molecule has 0 radical (unpaired) electrons. The quantitative estimate of drug-likeness (QED) is 0.888. The highest BCUT2D eigenvalue weighted by Crippen LogP contribution is 2.29. The highest BCUT2D eigenvalue weighted by Gasteiger charge is 2.20. The Labute approximate surface area is 122 Å². The molecule has 1 heterocycles. The van der Waals surface area contributed by atoms with Gasteiger partial charge in [0.2, 0.25) is 5.91 Å².